The predicted molar refractivity (Wildman–Crippen MR) is 130 cm³/mol. The topological polar surface area (TPSA) is 26.0 Å². The Morgan fingerprint density at radius 3 is 2.56 bits per heavy atom. The molecular weight excluding hydrogens is 392 g/mol. The Balaban J connectivity index is 1.61. The molecule has 0 atom stereocenters. The zero-order valence-corrected chi connectivity index (χ0v) is 19.7. The van der Waals surface area contributed by atoms with Gasteiger partial charge in [-0.2, -0.15) is 4.57 Å². The summed E-state index contributed by atoms with van der Waals surface area (Å²) in [5.74, 6) is 2.22. The molecule has 1 fully saturated rings. The number of rotatable bonds is 1. The van der Waals surface area contributed by atoms with Crippen molar-refractivity contribution in [3.63, 3.8) is 0 Å². The molecular formula is C29H31N2O+. The van der Waals surface area contributed by atoms with Gasteiger partial charge in [-0.1, -0.05) is 44.2 Å². The third-order valence-corrected chi connectivity index (χ3v) is 8.03. The normalized spacial score (nSPS) is 17.4. The van der Waals surface area contributed by atoms with Crippen LogP contribution in [0.1, 0.15) is 62.1 Å². The Morgan fingerprint density at radius 1 is 1.03 bits per heavy atom. The minimum Gasteiger partial charge on any atom is -0.433 e. The second-order valence-electron chi connectivity index (χ2n) is 10.6. The number of hydrogen-bond acceptors (Lipinski definition) is 2. The van der Waals surface area contributed by atoms with Crippen molar-refractivity contribution in [3.8, 4) is 22.9 Å². The summed E-state index contributed by atoms with van der Waals surface area (Å²) < 4.78 is 8.79. The van der Waals surface area contributed by atoms with Crippen LogP contribution >= 0.6 is 0 Å². The summed E-state index contributed by atoms with van der Waals surface area (Å²) in [4.78, 5) is 5.20. The van der Waals surface area contributed by atoms with Crippen LogP contribution in [0.3, 0.4) is 0 Å². The van der Waals surface area contributed by atoms with Gasteiger partial charge in [0.05, 0.1) is 5.56 Å². The summed E-state index contributed by atoms with van der Waals surface area (Å²) in [5.41, 5.74) is 9.07. The van der Waals surface area contributed by atoms with E-state index in [2.05, 4.69) is 81.8 Å². The molecule has 0 N–H and O–H groups in total. The van der Waals surface area contributed by atoms with Crippen molar-refractivity contribution in [3.05, 3.63) is 59.2 Å². The highest BCUT2D eigenvalue weighted by Crippen LogP contribution is 2.48. The van der Waals surface area contributed by atoms with Crippen LogP contribution in [-0.4, -0.2) is 4.98 Å². The molecule has 1 aliphatic heterocycles. The Hall–Kier alpha value is -2.94. The first-order valence-corrected chi connectivity index (χ1v) is 11.9. The van der Waals surface area contributed by atoms with Gasteiger partial charge in [0.2, 0.25) is 5.52 Å². The van der Waals surface area contributed by atoms with Crippen LogP contribution in [0.2, 0.25) is 0 Å². The molecule has 6 rings (SSSR count). The lowest BCUT2D eigenvalue weighted by atomic mass is 9.71. The van der Waals surface area contributed by atoms with Crippen molar-refractivity contribution in [2.45, 2.75) is 59.3 Å². The average Bonchev–Trinajstić information content (AvgIpc) is 2.77. The number of benzene rings is 3. The van der Waals surface area contributed by atoms with E-state index in [-0.39, 0.29) is 0 Å². The van der Waals surface area contributed by atoms with Gasteiger partial charge in [-0.25, -0.2) is 4.98 Å². The molecule has 0 amide bonds. The standard InChI is InChI=1S/C29H31N2O/c1-17-16-20-8-6-11-23-25(20)24(18(17)2)27-28(32-23)30-26-21(9-7-10-22(26)31(27)5)19-12-14-29(3,4)15-13-19/h6-11,16,19H,12-15H2,1-5H3/q+1. The fourth-order valence-electron chi connectivity index (χ4n) is 5.89. The van der Waals surface area contributed by atoms with E-state index < -0.39 is 0 Å². The minimum absolute atomic E-state index is 0.458. The molecule has 0 radical (unpaired) electrons. The smallest absolute Gasteiger partial charge is 0.294 e. The molecule has 3 aromatic carbocycles. The molecule has 0 saturated heterocycles. The van der Waals surface area contributed by atoms with Crippen LogP contribution in [0.25, 0.3) is 33.1 Å². The first-order chi connectivity index (χ1) is 15.3. The van der Waals surface area contributed by atoms with Gasteiger partial charge in [-0.05, 0) is 79.0 Å². The summed E-state index contributed by atoms with van der Waals surface area (Å²) in [6.45, 7) is 9.22. The van der Waals surface area contributed by atoms with Crippen LogP contribution in [0, 0.1) is 19.3 Å². The lowest BCUT2D eigenvalue weighted by Crippen LogP contribution is -2.34. The van der Waals surface area contributed by atoms with E-state index in [1.54, 1.807) is 0 Å². The van der Waals surface area contributed by atoms with Crippen LogP contribution in [0.4, 0.5) is 0 Å². The molecule has 0 spiro atoms. The maximum absolute atomic E-state index is 6.48. The van der Waals surface area contributed by atoms with Gasteiger partial charge in [-0.15, -0.1) is 0 Å². The van der Waals surface area contributed by atoms with Crippen LogP contribution in [0.5, 0.6) is 11.6 Å². The third-order valence-electron chi connectivity index (χ3n) is 8.03. The zero-order valence-electron chi connectivity index (χ0n) is 19.7. The minimum atomic E-state index is 0.458. The van der Waals surface area contributed by atoms with E-state index >= 15 is 0 Å². The van der Waals surface area contributed by atoms with Crippen molar-refractivity contribution >= 4 is 21.8 Å². The number of aryl methyl sites for hydroxylation is 2. The summed E-state index contributed by atoms with van der Waals surface area (Å²) in [5, 5.41) is 2.43. The first kappa shape index (κ1) is 19.7. The Labute approximate surface area is 190 Å². The average molecular weight is 424 g/mol. The molecule has 1 aliphatic carbocycles. The second-order valence-corrected chi connectivity index (χ2v) is 10.6. The van der Waals surface area contributed by atoms with E-state index in [0.717, 1.165) is 22.8 Å². The number of hydrogen-bond donors (Lipinski definition) is 0. The lowest BCUT2D eigenvalue weighted by Gasteiger charge is -2.34. The van der Waals surface area contributed by atoms with Crippen LogP contribution in [0.15, 0.2) is 42.5 Å². The van der Waals surface area contributed by atoms with E-state index in [9.17, 15) is 0 Å². The van der Waals surface area contributed by atoms with Gasteiger partial charge in [-0.3, -0.25) is 0 Å². The number of nitrogens with zero attached hydrogens (tertiary/aromatic N) is 2. The summed E-state index contributed by atoms with van der Waals surface area (Å²) in [6, 6.07) is 15.3. The summed E-state index contributed by atoms with van der Waals surface area (Å²) in [6.07, 6.45) is 5.01. The molecule has 4 aromatic rings. The van der Waals surface area contributed by atoms with Gasteiger partial charge < -0.3 is 4.74 Å². The molecule has 1 aromatic heterocycles. The zero-order chi connectivity index (χ0) is 22.2. The van der Waals surface area contributed by atoms with Gasteiger partial charge in [0.25, 0.3) is 11.6 Å². The molecule has 162 valence electrons. The quantitative estimate of drug-likeness (QED) is 0.265. The molecule has 2 heterocycles. The fraction of sp³-hybridized carbons (Fsp3) is 0.379. The van der Waals surface area contributed by atoms with Gasteiger partial charge in [0.15, 0.2) is 0 Å². The predicted octanol–water partition coefficient (Wildman–Crippen LogP) is 7.29. The maximum atomic E-state index is 6.48. The van der Waals surface area contributed by atoms with Crippen molar-refractivity contribution in [2.75, 3.05) is 0 Å². The van der Waals surface area contributed by atoms with Crippen molar-refractivity contribution in [2.24, 2.45) is 12.5 Å². The lowest BCUT2D eigenvalue weighted by molar-refractivity contribution is -0.634. The van der Waals surface area contributed by atoms with Crippen molar-refractivity contribution in [1.82, 2.24) is 4.98 Å². The van der Waals surface area contributed by atoms with Crippen LogP contribution in [-0.2, 0) is 7.05 Å². The fourth-order valence-corrected chi connectivity index (χ4v) is 5.89. The van der Waals surface area contributed by atoms with Crippen molar-refractivity contribution in [1.29, 1.82) is 0 Å². The highest BCUT2D eigenvalue weighted by molar-refractivity contribution is 6.04. The van der Waals surface area contributed by atoms with Crippen molar-refractivity contribution < 1.29 is 9.30 Å². The number of fused-ring (bicyclic) bond motifs is 3. The highest BCUT2D eigenvalue weighted by atomic mass is 16.5. The highest BCUT2D eigenvalue weighted by Gasteiger charge is 2.35. The molecule has 2 aliphatic rings. The molecule has 0 bridgehead atoms. The monoisotopic (exact) mass is 423 g/mol. The molecule has 32 heavy (non-hydrogen) atoms. The second kappa shape index (κ2) is 6.78. The van der Waals surface area contributed by atoms with E-state index in [1.165, 1.54) is 64.2 Å². The van der Waals surface area contributed by atoms with Gasteiger partial charge >= 0.3 is 0 Å². The largest absolute Gasteiger partial charge is 0.433 e. The van der Waals surface area contributed by atoms with Gasteiger partial charge in [0, 0.05) is 11.5 Å². The van der Waals surface area contributed by atoms with Crippen LogP contribution < -0.4 is 9.30 Å². The molecule has 3 heteroatoms. The van der Waals surface area contributed by atoms with E-state index in [0.29, 0.717) is 11.3 Å². The Kier molecular flexibility index (Phi) is 4.18. The van der Waals surface area contributed by atoms with E-state index in [1.807, 2.05) is 0 Å². The first-order valence-electron chi connectivity index (χ1n) is 11.9. The number of aromatic nitrogens is 2. The number of ether oxygens (including phenoxy) is 1. The molecule has 0 unspecified atom stereocenters. The molecule has 3 nitrogen and oxygen atoms in total. The maximum Gasteiger partial charge on any atom is 0.294 e. The van der Waals surface area contributed by atoms with E-state index in [4.69, 9.17) is 9.72 Å². The SMILES string of the molecule is Cc1cc2cccc3c2c(c1C)-c1c(nc2c(C4CCC(C)(C)CC4)cccc2[n+]1C)O3. The Bertz CT molecular complexity index is 1410. The summed E-state index contributed by atoms with van der Waals surface area (Å²) >= 11 is 0. The summed E-state index contributed by atoms with van der Waals surface area (Å²) in [7, 11) is 2.17. The number of para-hydroxylation sites is 1. The Morgan fingerprint density at radius 2 is 1.78 bits per heavy atom. The third kappa shape index (κ3) is 2.80. The van der Waals surface area contributed by atoms with Gasteiger partial charge in [0.1, 0.15) is 18.3 Å². The molecule has 1 saturated carbocycles.